The van der Waals surface area contributed by atoms with Crippen LogP contribution < -0.4 is 15.4 Å². The van der Waals surface area contributed by atoms with Crippen LogP contribution in [0.25, 0.3) is 0 Å². The Kier molecular flexibility index (Phi) is 4.66. The number of carbonyl (C=O) groups is 1. The standard InChI is InChI=1S/C22H28N2O2S/c1-5-22(2,3)14-8-11-16-17(12-14)27-21-18(16)20(25)23-19(24-21)13-6-9-15(26-4)10-7-13/h6-7,9-10,14,19,24H,5,8,11-12H2,1-4H3,(H,23,25)/t14-,19-/m0/s1. The van der Waals surface area contributed by atoms with E-state index in [1.54, 1.807) is 18.4 Å². The van der Waals surface area contributed by atoms with Gasteiger partial charge in [0.2, 0.25) is 0 Å². The number of hydrogen-bond acceptors (Lipinski definition) is 4. The summed E-state index contributed by atoms with van der Waals surface area (Å²) in [4.78, 5) is 14.3. The number of anilines is 1. The Morgan fingerprint density at radius 2 is 1.96 bits per heavy atom. The fourth-order valence-corrected chi connectivity index (χ4v) is 5.57. The maximum atomic E-state index is 12.9. The van der Waals surface area contributed by atoms with Crippen molar-refractivity contribution in [3.05, 3.63) is 45.8 Å². The first-order chi connectivity index (χ1) is 12.9. The van der Waals surface area contributed by atoms with Gasteiger partial charge in [0.25, 0.3) is 5.91 Å². The number of methoxy groups -OCH3 is 1. The van der Waals surface area contributed by atoms with Crippen molar-refractivity contribution in [1.29, 1.82) is 0 Å². The van der Waals surface area contributed by atoms with Gasteiger partial charge in [0.05, 0.1) is 12.7 Å². The maximum absolute atomic E-state index is 12.9. The lowest BCUT2D eigenvalue weighted by atomic mass is 9.69. The van der Waals surface area contributed by atoms with E-state index in [1.807, 2.05) is 24.3 Å². The van der Waals surface area contributed by atoms with E-state index in [2.05, 4.69) is 31.4 Å². The lowest BCUT2D eigenvalue weighted by molar-refractivity contribution is 0.0934. The zero-order valence-electron chi connectivity index (χ0n) is 16.5. The van der Waals surface area contributed by atoms with E-state index in [0.717, 1.165) is 34.7 Å². The Labute approximate surface area is 165 Å². The highest BCUT2D eigenvalue weighted by atomic mass is 32.1. The number of nitrogens with one attached hydrogen (secondary N) is 2. The predicted octanol–water partition coefficient (Wildman–Crippen LogP) is 5.15. The molecule has 2 heterocycles. The molecule has 2 aromatic rings. The average molecular weight is 385 g/mol. The van der Waals surface area contributed by atoms with E-state index in [4.69, 9.17) is 4.74 Å². The Balaban J connectivity index is 1.60. The first kappa shape index (κ1) is 18.4. The van der Waals surface area contributed by atoms with Gasteiger partial charge in [-0.15, -0.1) is 11.3 Å². The average Bonchev–Trinajstić information content (AvgIpc) is 3.06. The first-order valence-corrected chi connectivity index (χ1v) is 10.6. The van der Waals surface area contributed by atoms with Crippen LogP contribution in [0.3, 0.4) is 0 Å². The summed E-state index contributed by atoms with van der Waals surface area (Å²) in [5, 5.41) is 7.71. The summed E-state index contributed by atoms with van der Waals surface area (Å²) in [5.41, 5.74) is 3.54. The van der Waals surface area contributed by atoms with Crippen molar-refractivity contribution in [2.45, 2.75) is 52.6 Å². The van der Waals surface area contributed by atoms with Gasteiger partial charge in [-0.3, -0.25) is 4.79 Å². The molecule has 2 aliphatic rings. The Bertz CT molecular complexity index is 854. The summed E-state index contributed by atoms with van der Waals surface area (Å²) in [6.07, 6.45) is 4.27. The van der Waals surface area contributed by atoms with Crippen LogP contribution in [0.1, 0.15) is 66.1 Å². The molecule has 1 amide bonds. The number of benzene rings is 1. The molecule has 0 unspecified atom stereocenters. The molecule has 0 spiro atoms. The highest BCUT2D eigenvalue weighted by Crippen LogP contribution is 2.46. The van der Waals surface area contributed by atoms with Crippen LogP contribution in [0, 0.1) is 11.3 Å². The molecule has 1 aliphatic heterocycles. The van der Waals surface area contributed by atoms with Crippen molar-refractivity contribution in [1.82, 2.24) is 5.32 Å². The molecule has 0 saturated carbocycles. The summed E-state index contributed by atoms with van der Waals surface area (Å²) in [5.74, 6) is 1.56. The zero-order valence-corrected chi connectivity index (χ0v) is 17.3. The van der Waals surface area contributed by atoms with Crippen LogP contribution in [-0.2, 0) is 12.8 Å². The van der Waals surface area contributed by atoms with Gasteiger partial charge in [0.1, 0.15) is 16.9 Å². The minimum Gasteiger partial charge on any atom is -0.497 e. The minimum atomic E-state index is -0.195. The monoisotopic (exact) mass is 384 g/mol. The summed E-state index contributed by atoms with van der Waals surface area (Å²) < 4.78 is 5.23. The molecule has 4 rings (SSSR count). The Morgan fingerprint density at radius 1 is 1.22 bits per heavy atom. The highest BCUT2D eigenvalue weighted by Gasteiger charge is 2.37. The molecule has 2 atom stereocenters. The minimum absolute atomic E-state index is 0.0512. The van der Waals surface area contributed by atoms with E-state index < -0.39 is 0 Å². The zero-order chi connectivity index (χ0) is 19.2. The molecule has 1 aromatic carbocycles. The van der Waals surface area contributed by atoms with Crippen molar-refractivity contribution < 1.29 is 9.53 Å². The molecular formula is C22H28N2O2S. The lowest BCUT2D eigenvalue weighted by Crippen LogP contribution is -2.38. The maximum Gasteiger partial charge on any atom is 0.256 e. The fourth-order valence-electron chi connectivity index (χ4n) is 4.22. The van der Waals surface area contributed by atoms with Crippen LogP contribution >= 0.6 is 11.3 Å². The molecule has 27 heavy (non-hydrogen) atoms. The molecule has 1 aromatic heterocycles. The normalized spacial score (nSPS) is 21.7. The van der Waals surface area contributed by atoms with E-state index in [1.165, 1.54) is 23.3 Å². The van der Waals surface area contributed by atoms with Crippen molar-refractivity contribution in [2.75, 3.05) is 12.4 Å². The van der Waals surface area contributed by atoms with Gasteiger partial charge in [0, 0.05) is 4.88 Å². The molecule has 0 bridgehead atoms. The second-order valence-electron chi connectivity index (χ2n) is 8.31. The predicted molar refractivity (Wildman–Crippen MR) is 111 cm³/mol. The van der Waals surface area contributed by atoms with E-state index in [0.29, 0.717) is 11.3 Å². The number of amides is 1. The third-order valence-corrected chi connectivity index (χ3v) is 7.69. The van der Waals surface area contributed by atoms with E-state index >= 15 is 0 Å². The van der Waals surface area contributed by atoms with Crippen LogP contribution in [0.15, 0.2) is 24.3 Å². The topological polar surface area (TPSA) is 50.4 Å². The molecule has 0 radical (unpaired) electrons. The number of ether oxygens (including phenoxy) is 1. The third kappa shape index (κ3) is 3.22. The highest BCUT2D eigenvalue weighted by molar-refractivity contribution is 7.16. The van der Waals surface area contributed by atoms with E-state index in [-0.39, 0.29) is 12.1 Å². The summed E-state index contributed by atoms with van der Waals surface area (Å²) in [6, 6.07) is 7.84. The number of rotatable bonds is 4. The van der Waals surface area contributed by atoms with Gasteiger partial charge in [0.15, 0.2) is 0 Å². The van der Waals surface area contributed by atoms with Crippen LogP contribution in [0.5, 0.6) is 5.75 Å². The van der Waals surface area contributed by atoms with Crippen molar-refractivity contribution in [3.63, 3.8) is 0 Å². The smallest absolute Gasteiger partial charge is 0.256 e. The number of fused-ring (bicyclic) bond motifs is 3. The van der Waals surface area contributed by atoms with Gasteiger partial charge in [-0.1, -0.05) is 39.3 Å². The second-order valence-corrected chi connectivity index (χ2v) is 9.42. The van der Waals surface area contributed by atoms with Crippen LogP contribution in [-0.4, -0.2) is 13.0 Å². The SMILES string of the molecule is CCC(C)(C)[C@H]1CCc2c(sc3c2C(=O)N[C@H](c2ccc(OC)cc2)N3)C1. The molecule has 2 N–H and O–H groups in total. The second kappa shape index (κ2) is 6.86. The first-order valence-electron chi connectivity index (χ1n) is 9.79. The number of carbonyl (C=O) groups excluding carboxylic acids is 1. The van der Waals surface area contributed by atoms with Crippen LogP contribution in [0.4, 0.5) is 5.00 Å². The molecule has 1 aliphatic carbocycles. The number of hydrogen-bond donors (Lipinski definition) is 2. The van der Waals surface area contributed by atoms with Crippen molar-refractivity contribution in [2.24, 2.45) is 11.3 Å². The molecule has 5 heteroatoms. The largest absolute Gasteiger partial charge is 0.497 e. The lowest BCUT2D eigenvalue weighted by Gasteiger charge is -2.36. The van der Waals surface area contributed by atoms with Crippen molar-refractivity contribution >= 4 is 22.2 Å². The molecular weight excluding hydrogens is 356 g/mol. The molecule has 144 valence electrons. The molecule has 4 nitrogen and oxygen atoms in total. The van der Waals surface area contributed by atoms with Gasteiger partial charge in [-0.2, -0.15) is 0 Å². The van der Waals surface area contributed by atoms with Gasteiger partial charge < -0.3 is 15.4 Å². The quantitative estimate of drug-likeness (QED) is 0.766. The van der Waals surface area contributed by atoms with Crippen LogP contribution in [0.2, 0.25) is 0 Å². The fraction of sp³-hybridized carbons (Fsp3) is 0.500. The summed E-state index contributed by atoms with van der Waals surface area (Å²) in [6.45, 7) is 7.03. The molecule has 0 fully saturated rings. The number of thiophene rings is 1. The summed E-state index contributed by atoms with van der Waals surface area (Å²) >= 11 is 1.78. The van der Waals surface area contributed by atoms with Gasteiger partial charge in [-0.05, 0) is 53.9 Å². The molecule has 0 saturated heterocycles. The van der Waals surface area contributed by atoms with Gasteiger partial charge >= 0.3 is 0 Å². The van der Waals surface area contributed by atoms with Gasteiger partial charge in [-0.25, -0.2) is 0 Å². The van der Waals surface area contributed by atoms with E-state index in [9.17, 15) is 4.79 Å². The Hall–Kier alpha value is -2.01. The third-order valence-electron chi connectivity index (χ3n) is 6.51. The van der Waals surface area contributed by atoms with Crippen molar-refractivity contribution in [3.8, 4) is 5.75 Å². The Morgan fingerprint density at radius 3 is 2.63 bits per heavy atom. The summed E-state index contributed by atoms with van der Waals surface area (Å²) in [7, 11) is 1.66.